The quantitative estimate of drug-likeness (QED) is 0.749. The average molecular weight is 380 g/mol. The fourth-order valence-electron chi connectivity index (χ4n) is 3.52. The van der Waals surface area contributed by atoms with Gasteiger partial charge in [0, 0.05) is 30.5 Å². The molecule has 1 N–H and O–H groups in total. The number of nitrogens with zero attached hydrogens (tertiary/aromatic N) is 5. The van der Waals surface area contributed by atoms with Crippen LogP contribution in [0.4, 0.5) is 11.6 Å². The van der Waals surface area contributed by atoms with Crippen LogP contribution in [0.5, 0.6) is 0 Å². The number of aromatic nitrogens is 4. The van der Waals surface area contributed by atoms with Crippen LogP contribution in [0.25, 0.3) is 5.65 Å². The molecule has 1 aliphatic heterocycles. The Kier molecular flexibility index (Phi) is 4.62. The van der Waals surface area contributed by atoms with Gasteiger partial charge in [0.15, 0.2) is 5.65 Å². The molecule has 0 radical (unpaired) electrons. The van der Waals surface area contributed by atoms with Crippen molar-refractivity contribution in [2.24, 2.45) is 0 Å². The molecule has 0 aliphatic carbocycles. The van der Waals surface area contributed by atoms with Crippen LogP contribution in [0.1, 0.15) is 29.7 Å². The molecule has 3 heterocycles. The maximum atomic E-state index is 12.9. The van der Waals surface area contributed by atoms with Crippen LogP contribution < -0.4 is 15.9 Å². The Balaban J connectivity index is 1.63. The van der Waals surface area contributed by atoms with Gasteiger partial charge in [-0.05, 0) is 56.9 Å². The number of benzene rings is 1. The van der Waals surface area contributed by atoms with Crippen molar-refractivity contribution in [3.05, 3.63) is 51.6 Å². The lowest BCUT2D eigenvalue weighted by Crippen LogP contribution is -2.31. The van der Waals surface area contributed by atoms with Crippen molar-refractivity contribution in [3.63, 3.8) is 0 Å². The lowest BCUT2D eigenvalue weighted by Gasteiger charge is -2.17. The maximum Gasteiger partial charge on any atom is 0.353 e. The zero-order valence-corrected chi connectivity index (χ0v) is 16.4. The van der Waals surface area contributed by atoms with Crippen molar-refractivity contribution in [3.8, 4) is 0 Å². The van der Waals surface area contributed by atoms with E-state index in [1.807, 2.05) is 39.0 Å². The number of carbonyl (C=O) groups excluding carboxylic acids is 1. The van der Waals surface area contributed by atoms with Gasteiger partial charge in [-0.15, -0.1) is 5.10 Å². The van der Waals surface area contributed by atoms with Gasteiger partial charge in [0.25, 0.3) is 0 Å². The topological polar surface area (TPSA) is 84.5 Å². The molecule has 1 amide bonds. The fourth-order valence-corrected chi connectivity index (χ4v) is 3.52. The highest BCUT2D eigenvalue weighted by Gasteiger charge is 2.21. The van der Waals surface area contributed by atoms with Crippen molar-refractivity contribution in [2.75, 3.05) is 23.3 Å². The van der Waals surface area contributed by atoms with Crippen molar-refractivity contribution in [2.45, 2.75) is 40.2 Å². The zero-order valence-electron chi connectivity index (χ0n) is 16.4. The minimum Gasteiger partial charge on any atom is -0.342 e. The van der Waals surface area contributed by atoms with E-state index in [9.17, 15) is 9.59 Å². The number of fused-ring (bicyclic) bond motifs is 1. The Hall–Kier alpha value is -3.16. The van der Waals surface area contributed by atoms with Gasteiger partial charge in [0.1, 0.15) is 6.54 Å². The summed E-state index contributed by atoms with van der Waals surface area (Å²) in [6.45, 7) is 7.49. The monoisotopic (exact) mass is 380 g/mol. The fraction of sp³-hybridized carbons (Fsp3) is 0.400. The van der Waals surface area contributed by atoms with Crippen LogP contribution in [0.15, 0.2) is 29.1 Å². The van der Waals surface area contributed by atoms with Crippen LogP contribution in [-0.4, -0.2) is 38.2 Å². The van der Waals surface area contributed by atoms with Crippen LogP contribution >= 0.6 is 0 Å². The Bertz CT molecular complexity index is 1110. The molecule has 1 saturated heterocycles. The van der Waals surface area contributed by atoms with Crippen molar-refractivity contribution in [1.82, 2.24) is 19.2 Å². The number of amides is 1. The molecule has 8 nitrogen and oxygen atoms in total. The predicted molar refractivity (Wildman–Crippen MR) is 108 cm³/mol. The van der Waals surface area contributed by atoms with Crippen molar-refractivity contribution in [1.29, 1.82) is 0 Å². The second kappa shape index (κ2) is 7.10. The summed E-state index contributed by atoms with van der Waals surface area (Å²) < 4.78 is 2.70. The highest BCUT2D eigenvalue weighted by atomic mass is 16.2. The standard InChI is InChI=1S/C20H24N6O2/c1-13-6-7-16(10-14(13)2)22-18(27)12-25-20(28)26-17(23-25)11-15(3)21-19(26)24-8-4-5-9-24/h6-7,10-11H,4-5,8-9,12H2,1-3H3,(H,22,27). The first-order chi connectivity index (χ1) is 13.4. The summed E-state index contributed by atoms with van der Waals surface area (Å²) in [5, 5.41) is 7.20. The molecule has 4 rings (SSSR count). The van der Waals surface area contributed by atoms with Gasteiger partial charge in [-0.3, -0.25) is 4.79 Å². The Morgan fingerprint density at radius 3 is 2.57 bits per heavy atom. The number of hydrogen-bond acceptors (Lipinski definition) is 5. The first-order valence-electron chi connectivity index (χ1n) is 9.51. The van der Waals surface area contributed by atoms with Crippen LogP contribution in [0.2, 0.25) is 0 Å². The predicted octanol–water partition coefficient (Wildman–Crippen LogP) is 2.06. The van der Waals surface area contributed by atoms with Gasteiger partial charge >= 0.3 is 5.69 Å². The number of anilines is 2. The first-order valence-corrected chi connectivity index (χ1v) is 9.51. The number of rotatable bonds is 4. The summed E-state index contributed by atoms with van der Waals surface area (Å²) >= 11 is 0. The molecule has 0 spiro atoms. The summed E-state index contributed by atoms with van der Waals surface area (Å²) in [7, 11) is 0. The highest BCUT2D eigenvalue weighted by molar-refractivity contribution is 5.90. The lowest BCUT2D eigenvalue weighted by molar-refractivity contribution is -0.117. The van der Waals surface area contributed by atoms with E-state index >= 15 is 0 Å². The third-order valence-electron chi connectivity index (χ3n) is 5.15. The molecule has 0 bridgehead atoms. The molecule has 2 aromatic heterocycles. The second-order valence-electron chi connectivity index (χ2n) is 7.37. The Labute approximate surface area is 162 Å². The summed E-state index contributed by atoms with van der Waals surface area (Å²) in [5.74, 6) is 0.319. The molecule has 0 unspecified atom stereocenters. The molecular weight excluding hydrogens is 356 g/mol. The summed E-state index contributed by atoms with van der Waals surface area (Å²) in [5.41, 5.74) is 3.93. The summed E-state index contributed by atoms with van der Waals surface area (Å²) in [6.07, 6.45) is 2.16. The Morgan fingerprint density at radius 2 is 1.86 bits per heavy atom. The largest absolute Gasteiger partial charge is 0.353 e. The third kappa shape index (κ3) is 3.37. The maximum absolute atomic E-state index is 12.9. The highest BCUT2D eigenvalue weighted by Crippen LogP contribution is 2.19. The lowest BCUT2D eigenvalue weighted by atomic mass is 10.1. The van der Waals surface area contributed by atoms with E-state index in [-0.39, 0.29) is 18.1 Å². The van der Waals surface area contributed by atoms with Gasteiger partial charge < -0.3 is 10.2 Å². The molecule has 0 atom stereocenters. The smallest absolute Gasteiger partial charge is 0.342 e. The van der Waals surface area contributed by atoms with Gasteiger partial charge in [-0.25, -0.2) is 18.9 Å². The number of aryl methyl sites for hydroxylation is 3. The zero-order chi connectivity index (χ0) is 19.8. The van der Waals surface area contributed by atoms with E-state index < -0.39 is 0 Å². The molecule has 1 aliphatic rings. The van der Waals surface area contributed by atoms with E-state index in [1.54, 1.807) is 6.07 Å². The minimum absolute atomic E-state index is 0.147. The van der Waals surface area contributed by atoms with Crippen LogP contribution in [0, 0.1) is 20.8 Å². The number of nitrogens with one attached hydrogen (secondary N) is 1. The van der Waals surface area contributed by atoms with Crippen molar-refractivity contribution < 1.29 is 4.79 Å². The number of carbonyl (C=O) groups is 1. The average Bonchev–Trinajstić information content (AvgIpc) is 3.27. The van der Waals surface area contributed by atoms with Gasteiger partial charge in [-0.1, -0.05) is 6.07 Å². The summed E-state index contributed by atoms with van der Waals surface area (Å²) in [6, 6.07) is 7.49. The molecule has 28 heavy (non-hydrogen) atoms. The molecular formula is C20H24N6O2. The molecule has 1 fully saturated rings. The molecule has 146 valence electrons. The van der Waals surface area contributed by atoms with E-state index in [1.165, 1.54) is 9.08 Å². The van der Waals surface area contributed by atoms with E-state index in [4.69, 9.17) is 0 Å². The second-order valence-corrected chi connectivity index (χ2v) is 7.37. The SMILES string of the molecule is Cc1cc2nn(CC(=O)Nc3ccc(C)c(C)c3)c(=O)n2c(N2CCCC2)n1. The van der Waals surface area contributed by atoms with Gasteiger partial charge in [0.2, 0.25) is 11.9 Å². The van der Waals surface area contributed by atoms with Crippen molar-refractivity contribution >= 4 is 23.2 Å². The third-order valence-corrected chi connectivity index (χ3v) is 5.15. The normalized spacial score (nSPS) is 14.0. The first kappa shape index (κ1) is 18.2. The van der Waals surface area contributed by atoms with E-state index in [0.29, 0.717) is 17.3 Å². The molecule has 0 saturated carbocycles. The van der Waals surface area contributed by atoms with Gasteiger partial charge in [-0.2, -0.15) is 0 Å². The summed E-state index contributed by atoms with van der Waals surface area (Å²) in [4.78, 5) is 32.0. The molecule has 1 aromatic carbocycles. The number of hydrogen-bond donors (Lipinski definition) is 1. The van der Waals surface area contributed by atoms with Crippen LogP contribution in [-0.2, 0) is 11.3 Å². The Morgan fingerprint density at radius 1 is 1.11 bits per heavy atom. The van der Waals surface area contributed by atoms with E-state index in [0.717, 1.165) is 42.8 Å². The molecule has 3 aromatic rings. The van der Waals surface area contributed by atoms with E-state index in [2.05, 4.69) is 20.3 Å². The minimum atomic E-state index is -0.348. The molecule has 8 heteroatoms. The van der Waals surface area contributed by atoms with Gasteiger partial charge in [0.05, 0.1) is 0 Å². The van der Waals surface area contributed by atoms with Crippen LogP contribution in [0.3, 0.4) is 0 Å².